The van der Waals surface area contributed by atoms with Crippen molar-refractivity contribution < 1.29 is 32.3 Å². The van der Waals surface area contributed by atoms with Gasteiger partial charge in [-0.3, -0.25) is 4.79 Å². The van der Waals surface area contributed by atoms with Gasteiger partial charge < -0.3 is 14.3 Å². The lowest BCUT2D eigenvalue weighted by Crippen LogP contribution is -2.40. The maximum Gasteiger partial charge on any atom is 0.373 e. The molecule has 1 heterocycles. The monoisotopic (exact) mass is 319 g/mol. The number of carbonyl (C=O) groups excluding carboxylic acids is 1. The molecule has 0 bridgehead atoms. The molecule has 0 saturated heterocycles. The van der Waals surface area contributed by atoms with Crippen molar-refractivity contribution in [1.82, 2.24) is 4.31 Å². The van der Waals surface area contributed by atoms with E-state index < -0.39 is 28.0 Å². The highest BCUT2D eigenvalue weighted by molar-refractivity contribution is 7.89. The Balaban J connectivity index is 3.34. The molecule has 0 saturated carbocycles. The Kier molecular flexibility index (Phi) is 5.13. The molecule has 0 aliphatic heterocycles. The average Bonchev–Trinajstić information content (AvgIpc) is 2.89. The number of carboxylic acid groups (broad SMARTS) is 1. The summed E-state index contributed by atoms with van der Waals surface area (Å²) in [6.07, 6.45) is 0.223. The van der Waals surface area contributed by atoms with Crippen LogP contribution >= 0.6 is 0 Å². The van der Waals surface area contributed by atoms with E-state index in [0.717, 1.165) is 20.2 Å². The number of rotatable bonds is 6. The Morgan fingerprint density at radius 2 is 2.05 bits per heavy atom. The molecule has 21 heavy (non-hydrogen) atoms. The number of aliphatic carboxylic acids is 1. The van der Waals surface area contributed by atoms with E-state index in [2.05, 4.69) is 4.74 Å². The van der Waals surface area contributed by atoms with E-state index >= 15 is 0 Å². The molecule has 0 radical (unpaired) electrons. The number of carbonyl (C=O) groups is 2. The molecular formula is C12H17NO7S. The molecule has 0 spiro atoms. The molecule has 8 nitrogen and oxygen atoms in total. The summed E-state index contributed by atoms with van der Waals surface area (Å²) in [5.41, 5.74) is 0. The quantitative estimate of drug-likeness (QED) is 0.768. The highest BCUT2D eigenvalue weighted by atomic mass is 32.2. The SMILES string of the molecule is CCc1oc(C(=O)OC)cc1S(=O)(=O)N(C)C(C)C(=O)O. The molecule has 118 valence electrons. The van der Waals surface area contributed by atoms with Crippen molar-refractivity contribution in [2.24, 2.45) is 0 Å². The van der Waals surface area contributed by atoms with Crippen LogP contribution in [0.5, 0.6) is 0 Å². The number of hydrogen-bond donors (Lipinski definition) is 1. The summed E-state index contributed by atoms with van der Waals surface area (Å²) in [7, 11) is -1.80. The van der Waals surface area contributed by atoms with Crippen LogP contribution < -0.4 is 0 Å². The lowest BCUT2D eigenvalue weighted by atomic mass is 10.3. The number of ether oxygens (including phenoxy) is 1. The lowest BCUT2D eigenvalue weighted by molar-refractivity contribution is -0.140. The second kappa shape index (κ2) is 6.27. The van der Waals surface area contributed by atoms with Crippen molar-refractivity contribution in [1.29, 1.82) is 0 Å². The van der Waals surface area contributed by atoms with Gasteiger partial charge in [-0.15, -0.1) is 0 Å². The minimum atomic E-state index is -4.10. The van der Waals surface area contributed by atoms with Crippen LogP contribution in [-0.4, -0.2) is 50.0 Å². The Hall–Kier alpha value is -1.87. The summed E-state index contributed by atoms with van der Waals surface area (Å²) in [6, 6.07) is -0.207. The van der Waals surface area contributed by atoms with Crippen LogP contribution in [0.3, 0.4) is 0 Å². The Labute approximate surface area is 122 Å². The Bertz CT molecular complexity index is 647. The smallest absolute Gasteiger partial charge is 0.373 e. The van der Waals surface area contributed by atoms with Gasteiger partial charge in [0.1, 0.15) is 16.7 Å². The highest BCUT2D eigenvalue weighted by Crippen LogP contribution is 2.25. The molecule has 0 amide bonds. The number of methoxy groups -OCH3 is 1. The van der Waals surface area contributed by atoms with Crippen LogP contribution in [-0.2, 0) is 26.0 Å². The lowest BCUT2D eigenvalue weighted by Gasteiger charge is -2.20. The maximum absolute atomic E-state index is 12.4. The summed E-state index contributed by atoms with van der Waals surface area (Å²) < 4.78 is 35.2. The fraction of sp³-hybridized carbons (Fsp3) is 0.500. The summed E-state index contributed by atoms with van der Waals surface area (Å²) in [5, 5.41) is 8.92. The first-order valence-corrected chi connectivity index (χ1v) is 7.52. The predicted molar refractivity (Wildman–Crippen MR) is 71.5 cm³/mol. The van der Waals surface area contributed by atoms with Gasteiger partial charge in [0.15, 0.2) is 0 Å². The van der Waals surface area contributed by atoms with Crippen molar-refractivity contribution in [3.8, 4) is 0 Å². The Morgan fingerprint density at radius 3 is 2.48 bits per heavy atom. The zero-order valence-electron chi connectivity index (χ0n) is 12.1. The number of furan rings is 1. The van der Waals surface area contributed by atoms with Crippen LogP contribution in [0.1, 0.15) is 30.2 Å². The second-order valence-corrected chi connectivity index (χ2v) is 6.24. The summed E-state index contributed by atoms with van der Waals surface area (Å²) in [5.74, 6) is -2.26. The fourth-order valence-corrected chi connectivity index (χ4v) is 3.14. The predicted octanol–water partition coefficient (Wildman–Crippen LogP) is 0.722. The molecule has 1 unspecified atom stereocenters. The normalized spacial score (nSPS) is 13.2. The molecule has 0 aromatic carbocycles. The standard InChI is InChI=1S/C12H17NO7S/c1-5-8-10(6-9(20-8)12(16)19-4)21(17,18)13(3)7(2)11(14)15/h6-7H,5H2,1-4H3,(H,14,15). The van der Waals surface area contributed by atoms with Crippen molar-refractivity contribution >= 4 is 22.0 Å². The van der Waals surface area contributed by atoms with E-state index in [1.165, 1.54) is 6.92 Å². The van der Waals surface area contributed by atoms with E-state index in [1.54, 1.807) is 6.92 Å². The molecule has 0 aliphatic rings. The fourth-order valence-electron chi connectivity index (χ4n) is 1.60. The van der Waals surface area contributed by atoms with Crippen LogP contribution in [0.4, 0.5) is 0 Å². The summed E-state index contributed by atoms with van der Waals surface area (Å²) in [6.45, 7) is 2.90. The molecule has 1 aromatic heterocycles. The summed E-state index contributed by atoms with van der Waals surface area (Å²) in [4.78, 5) is 22.1. The van der Waals surface area contributed by atoms with Crippen molar-refractivity contribution in [2.75, 3.05) is 14.2 Å². The number of hydrogen-bond acceptors (Lipinski definition) is 6. The topological polar surface area (TPSA) is 114 Å². The van der Waals surface area contributed by atoms with E-state index in [9.17, 15) is 18.0 Å². The first-order chi connectivity index (χ1) is 9.66. The highest BCUT2D eigenvalue weighted by Gasteiger charge is 2.33. The van der Waals surface area contributed by atoms with Gasteiger partial charge in [-0.2, -0.15) is 4.31 Å². The van der Waals surface area contributed by atoms with Gasteiger partial charge in [0, 0.05) is 19.5 Å². The number of carboxylic acids is 1. The van der Waals surface area contributed by atoms with Crippen LogP contribution in [0.15, 0.2) is 15.4 Å². The van der Waals surface area contributed by atoms with Crippen molar-refractivity contribution in [2.45, 2.75) is 31.2 Å². The van der Waals surface area contributed by atoms with Gasteiger partial charge in [-0.25, -0.2) is 13.2 Å². The van der Waals surface area contributed by atoms with Crippen LogP contribution in [0.25, 0.3) is 0 Å². The zero-order chi connectivity index (χ0) is 16.4. The third-order valence-electron chi connectivity index (χ3n) is 3.04. The number of sulfonamides is 1. The van der Waals surface area contributed by atoms with Gasteiger partial charge >= 0.3 is 11.9 Å². The van der Waals surface area contributed by atoms with Crippen molar-refractivity contribution in [3.63, 3.8) is 0 Å². The molecule has 0 aliphatic carbocycles. The minimum Gasteiger partial charge on any atom is -0.480 e. The number of aryl methyl sites for hydroxylation is 1. The summed E-state index contributed by atoms with van der Waals surface area (Å²) >= 11 is 0. The molecular weight excluding hydrogens is 302 g/mol. The van der Waals surface area contributed by atoms with Crippen LogP contribution in [0.2, 0.25) is 0 Å². The first kappa shape index (κ1) is 17.2. The van der Waals surface area contributed by atoms with E-state index in [1.807, 2.05) is 0 Å². The Morgan fingerprint density at radius 1 is 1.48 bits per heavy atom. The van der Waals surface area contributed by atoms with Crippen molar-refractivity contribution in [3.05, 3.63) is 17.6 Å². The average molecular weight is 319 g/mol. The third-order valence-corrected chi connectivity index (χ3v) is 5.01. The van der Waals surface area contributed by atoms with Gasteiger partial charge in [0.25, 0.3) is 0 Å². The first-order valence-electron chi connectivity index (χ1n) is 6.08. The molecule has 9 heteroatoms. The second-order valence-electron chi connectivity index (χ2n) is 4.28. The molecule has 1 atom stereocenters. The molecule has 0 fully saturated rings. The largest absolute Gasteiger partial charge is 0.480 e. The third kappa shape index (κ3) is 3.24. The zero-order valence-corrected chi connectivity index (χ0v) is 12.9. The van der Waals surface area contributed by atoms with Gasteiger partial charge in [-0.05, 0) is 6.92 Å². The molecule has 1 N–H and O–H groups in total. The van der Waals surface area contributed by atoms with E-state index in [-0.39, 0.29) is 22.8 Å². The van der Waals surface area contributed by atoms with Gasteiger partial charge in [0.2, 0.25) is 15.8 Å². The van der Waals surface area contributed by atoms with Gasteiger partial charge in [-0.1, -0.05) is 6.92 Å². The van der Waals surface area contributed by atoms with E-state index in [4.69, 9.17) is 9.52 Å². The number of likely N-dealkylation sites (N-methyl/N-ethyl adjacent to an activating group) is 1. The molecule has 1 rings (SSSR count). The van der Waals surface area contributed by atoms with E-state index in [0.29, 0.717) is 4.31 Å². The number of nitrogens with zero attached hydrogens (tertiary/aromatic N) is 1. The maximum atomic E-state index is 12.4. The van der Waals surface area contributed by atoms with Crippen LogP contribution in [0, 0.1) is 0 Å². The minimum absolute atomic E-state index is 0.0693. The van der Waals surface area contributed by atoms with Gasteiger partial charge in [0.05, 0.1) is 7.11 Å². The number of esters is 1. The molecule has 1 aromatic rings.